The standard InChI is InChI=1S/C39H37N/c1-28-10-12-31(13-11-28)32-14-16-33(17-15-32)34-18-22-37(23-19-34)40(38-24-20-29-6-2-4-8-35(29)26-38)39-25-21-30-7-3-5-9-36(30)27-39/h2,4-6,8-14,16,18,20,22,24-27,30H,3,7,15,17,19,21,23H2,1H3. The largest absolute Gasteiger partial charge is 0.315 e. The number of nitrogens with zero attached hydrogens (tertiary/aromatic N) is 1. The molecule has 3 aromatic carbocycles. The minimum absolute atomic E-state index is 0.676. The molecule has 0 aliphatic heterocycles. The van der Waals surface area contributed by atoms with Gasteiger partial charge in [0.25, 0.3) is 0 Å². The van der Waals surface area contributed by atoms with E-state index in [1.54, 1.807) is 0 Å². The molecule has 0 heterocycles. The predicted octanol–water partition coefficient (Wildman–Crippen LogP) is 10.5. The van der Waals surface area contributed by atoms with Gasteiger partial charge in [-0.3, -0.25) is 0 Å². The second-order valence-electron chi connectivity index (χ2n) is 11.7. The molecule has 7 rings (SSSR count). The fourth-order valence-electron chi connectivity index (χ4n) is 6.68. The van der Waals surface area contributed by atoms with E-state index in [0.29, 0.717) is 5.92 Å². The molecule has 0 aromatic heterocycles. The lowest BCUT2D eigenvalue weighted by Gasteiger charge is -2.34. The number of aryl methyl sites for hydroxylation is 1. The molecule has 0 spiro atoms. The Morgan fingerprint density at radius 3 is 2.25 bits per heavy atom. The van der Waals surface area contributed by atoms with Crippen LogP contribution in [0.15, 0.2) is 143 Å². The van der Waals surface area contributed by atoms with Crippen LogP contribution in [0.2, 0.25) is 0 Å². The fraction of sp³-hybridized carbons (Fsp3) is 0.231. The van der Waals surface area contributed by atoms with Gasteiger partial charge in [0.15, 0.2) is 0 Å². The Labute approximate surface area is 238 Å². The SMILES string of the molecule is Cc1ccc(C2=CC=C(C3=CC=C(N(C4=CCC5CCC=CC5=C4)c4ccc5ccccc5c4)CC3)CC2)cc1. The lowest BCUT2D eigenvalue weighted by atomic mass is 9.82. The first-order valence-corrected chi connectivity index (χ1v) is 15.0. The third kappa shape index (κ3) is 4.97. The molecule has 1 unspecified atom stereocenters. The molecule has 0 N–H and O–H groups in total. The summed E-state index contributed by atoms with van der Waals surface area (Å²) in [4.78, 5) is 2.52. The van der Waals surface area contributed by atoms with Crippen LogP contribution in [0, 0.1) is 12.8 Å². The highest BCUT2D eigenvalue weighted by molar-refractivity contribution is 5.87. The van der Waals surface area contributed by atoms with E-state index in [1.165, 1.54) is 74.1 Å². The van der Waals surface area contributed by atoms with Gasteiger partial charge in [0, 0.05) is 17.1 Å². The van der Waals surface area contributed by atoms with E-state index in [9.17, 15) is 0 Å². The number of hydrogen-bond acceptors (Lipinski definition) is 1. The summed E-state index contributed by atoms with van der Waals surface area (Å²) in [7, 11) is 0. The summed E-state index contributed by atoms with van der Waals surface area (Å²) in [6.07, 6.45) is 27.1. The minimum Gasteiger partial charge on any atom is -0.315 e. The maximum atomic E-state index is 2.52. The summed E-state index contributed by atoms with van der Waals surface area (Å²) in [5, 5.41) is 2.58. The number of anilines is 1. The van der Waals surface area contributed by atoms with Gasteiger partial charge in [0.2, 0.25) is 0 Å². The van der Waals surface area contributed by atoms with Gasteiger partial charge in [-0.2, -0.15) is 0 Å². The highest BCUT2D eigenvalue weighted by atomic mass is 15.2. The molecule has 0 saturated carbocycles. The van der Waals surface area contributed by atoms with Crippen molar-refractivity contribution in [3.8, 4) is 0 Å². The van der Waals surface area contributed by atoms with Gasteiger partial charge in [0.05, 0.1) is 0 Å². The molecule has 0 bridgehead atoms. The van der Waals surface area contributed by atoms with Crippen molar-refractivity contribution >= 4 is 22.0 Å². The van der Waals surface area contributed by atoms with Crippen molar-refractivity contribution in [2.24, 2.45) is 5.92 Å². The average Bonchev–Trinajstić information content (AvgIpc) is 3.02. The third-order valence-electron chi connectivity index (χ3n) is 9.04. The first kappa shape index (κ1) is 24.9. The summed E-state index contributed by atoms with van der Waals surface area (Å²) in [5.74, 6) is 0.676. The zero-order chi connectivity index (χ0) is 26.9. The highest BCUT2D eigenvalue weighted by Gasteiger charge is 2.25. The molecule has 3 aromatic rings. The van der Waals surface area contributed by atoms with Crippen LogP contribution in [0.4, 0.5) is 5.69 Å². The minimum atomic E-state index is 0.676. The number of hydrogen-bond donors (Lipinski definition) is 0. The first-order chi connectivity index (χ1) is 19.7. The summed E-state index contributed by atoms with van der Waals surface area (Å²) in [5.41, 5.74) is 12.6. The number of allylic oxidation sites excluding steroid dienone is 13. The van der Waals surface area contributed by atoms with Crippen LogP contribution >= 0.6 is 0 Å². The summed E-state index contributed by atoms with van der Waals surface area (Å²) in [6.45, 7) is 2.15. The zero-order valence-electron chi connectivity index (χ0n) is 23.4. The van der Waals surface area contributed by atoms with Crippen molar-refractivity contribution in [1.29, 1.82) is 0 Å². The Hall–Kier alpha value is -4.10. The van der Waals surface area contributed by atoms with E-state index < -0.39 is 0 Å². The predicted molar refractivity (Wildman–Crippen MR) is 171 cm³/mol. The molecule has 0 radical (unpaired) electrons. The Balaban J connectivity index is 1.21. The van der Waals surface area contributed by atoms with Gasteiger partial charge in [0.1, 0.15) is 0 Å². The summed E-state index contributed by atoms with van der Waals surface area (Å²) < 4.78 is 0. The van der Waals surface area contributed by atoms with E-state index in [4.69, 9.17) is 0 Å². The quantitative estimate of drug-likeness (QED) is 0.324. The van der Waals surface area contributed by atoms with Gasteiger partial charge in [-0.1, -0.05) is 96.6 Å². The second kappa shape index (κ2) is 10.8. The molecule has 0 fully saturated rings. The van der Waals surface area contributed by atoms with Crippen LogP contribution < -0.4 is 4.90 Å². The van der Waals surface area contributed by atoms with E-state index in [-0.39, 0.29) is 0 Å². The lowest BCUT2D eigenvalue weighted by molar-refractivity contribution is 0.561. The molecule has 0 amide bonds. The van der Waals surface area contributed by atoms with Gasteiger partial charge >= 0.3 is 0 Å². The Bertz CT molecular complexity index is 1670. The van der Waals surface area contributed by atoms with Gasteiger partial charge in [-0.15, -0.1) is 0 Å². The first-order valence-electron chi connectivity index (χ1n) is 15.0. The van der Waals surface area contributed by atoms with E-state index in [0.717, 1.165) is 32.1 Å². The summed E-state index contributed by atoms with van der Waals surface area (Å²) in [6, 6.07) is 24.6. The molecule has 4 aliphatic rings. The Morgan fingerprint density at radius 2 is 1.48 bits per heavy atom. The third-order valence-corrected chi connectivity index (χ3v) is 9.04. The van der Waals surface area contributed by atoms with Crippen molar-refractivity contribution in [2.45, 2.75) is 51.9 Å². The van der Waals surface area contributed by atoms with Crippen molar-refractivity contribution in [3.05, 3.63) is 155 Å². The molecule has 4 aliphatic carbocycles. The Morgan fingerprint density at radius 1 is 0.725 bits per heavy atom. The van der Waals surface area contributed by atoms with Crippen LogP contribution in [0.25, 0.3) is 16.3 Å². The fourth-order valence-corrected chi connectivity index (χ4v) is 6.68. The molecule has 0 saturated heterocycles. The van der Waals surface area contributed by atoms with Crippen LogP contribution in [0.1, 0.15) is 56.1 Å². The van der Waals surface area contributed by atoms with Gasteiger partial charge in [-0.25, -0.2) is 0 Å². The van der Waals surface area contributed by atoms with Crippen LogP contribution in [0.5, 0.6) is 0 Å². The molecule has 198 valence electrons. The smallest absolute Gasteiger partial charge is 0.0464 e. The molecule has 1 nitrogen and oxygen atoms in total. The van der Waals surface area contributed by atoms with Crippen LogP contribution in [-0.2, 0) is 0 Å². The average molecular weight is 520 g/mol. The summed E-state index contributed by atoms with van der Waals surface area (Å²) >= 11 is 0. The molecule has 1 heteroatoms. The molecular formula is C39H37N. The Kier molecular flexibility index (Phi) is 6.73. The molecular weight excluding hydrogens is 482 g/mol. The topological polar surface area (TPSA) is 3.24 Å². The second-order valence-corrected chi connectivity index (χ2v) is 11.7. The van der Waals surface area contributed by atoms with Gasteiger partial charge in [-0.05, 0) is 121 Å². The number of benzene rings is 3. The number of fused-ring (bicyclic) bond motifs is 2. The molecule has 40 heavy (non-hydrogen) atoms. The van der Waals surface area contributed by atoms with Crippen molar-refractivity contribution < 1.29 is 0 Å². The normalized spacial score (nSPS) is 20.5. The monoisotopic (exact) mass is 519 g/mol. The highest BCUT2D eigenvalue weighted by Crippen LogP contribution is 2.40. The van der Waals surface area contributed by atoms with E-state index in [2.05, 4.69) is 127 Å². The van der Waals surface area contributed by atoms with E-state index >= 15 is 0 Å². The van der Waals surface area contributed by atoms with Crippen LogP contribution in [-0.4, -0.2) is 0 Å². The number of rotatable bonds is 5. The maximum Gasteiger partial charge on any atom is 0.0464 e. The van der Waals surface area contributed by atoms with Crippen LogP contribution in [0.3, 0.4) is 0 Å². The van der Waals surface area contributed by atoms with Crippen molar-refractivity contribution in [3.63, 3.8) is 0 Å². The lowest BCUT2D eigenvalue weighted by Crippen LogP contribution is -2.25. The maximum absolute atomic E-state index is 2.52. The van der Waals surface area contributed by atoms with Crippen molar-refractivity contribution in [1.82, 2.24) is 0 Å². The van der Waals surface area contributed by atoms with Crippen molar-refractivity contribution in [2.75, 3.05) is 4.90 Å². The molecule has 1 atom stereocenters. The zero-order valence-corrected chi connectivity index (χ0v) is 23.4. The van der Waals surface area contributed by atoms with E-state index in [1.807, 2.05) is 0 Å². The van der Waals surface area contributed by atoms with Gasteiger partial charge < -0.3 is 4.90 Å².